The number of nitrogens with one attached hydrogen (secondary N) is 2. The van der Waals surface area contributed by atoms with E-state index in [-0.39, 0.29) is 12.5 Å². The van der Waals surface area contributed by atoms with E-state index in [4.69, 9.17) is 9.47 Å². The Hall–Kier alpha value is -2.05. The molecule has 5 nitrogen and oxygen atoms in total. The maximum atomic E-state index is 12.1. The molecule has 0 aliphatic heterocycles. The second-order valence-corrected chi connectivity index (χ2v) is 6.45. The molecule has 6 heteroatoms. The molecule has 134 valence electrons. The number of hydrogen-bond acceptors (Lipinski definition) is 4. The number of halogens is 1. The largest absolute Gasteiger partial charge is 0.493 e. The molecule has 0 atom stereocenters. The Morgan fingerprint density at radius 1 is 1.20 bits per heavy atom. The third-order valence-electron chi connectivity index (χ3n) is 3.55. The molecular formula is C19H23BrN2O3. The van der Waals surface area contributed by atoms with Crippen LogP contribution in [0, 0.1) is 6.92 Å². The minimum absolute atomic E-state index is 0.102. The van der Waals surface area contributed by atoms with Crippen LogP contribution in [0.5, 0.6) is 11.5 Å². The normalized spacial score (nSPS) is 10.4. The van der Waals surface area contributed by atoms with E-state index in [1.807, 2.05) is 43.3 Å². The summed E-state index contributed by atoms with van der Waals surface area (Å²) in [5.41, 5.74) is 2.95. The van der Waals surface area contributed by atoms with Crippen LogP contribution in [0.1, 0.15) is 18.1 Å². The summed E-state index contributed by atoms with van der Waals surface area (Å²) in [6.45, 7) is 5.57. The lowest BCUT2D eigenvalue weighted by atomic mass is 10.2. The van der Waals surface area contributed by atoms with Crippen molar-refractivity contribution in [3.8, 4) is 11.5 Å². The van der Waals surface area contributed by atoms with Crippen molar-refractivity contribution in [1.29, 1.82) is 0 Å². The molecule has 0 bridgehead atoms. The van der Waals surface area contributed by atoms with Crippen molar-refractivity contribution < 1.29 is 14.3 Å². The van der Waals surface area contributed by atoms with Crippen molar-refractivity contribution in [2.45, 2.75) is 20.4 Å². The van der Waals surface area contributed by atoms with Crippen LogP contribution in [0.4, 0.5) is 5.69 Å². The number of aryl methyl sites for hydroxylation is 1. The molecule has 0 spiro atoms. The van der Waals surface area contributed by atoms with Crippen LogP contribution in [0.2, 0.25) is 0 Å². The third kappa shape index (κ3) is 5.76. The highest BCUT2D eigenvalue weighted by atomic mass is 79.9. The van der Waals surface area contributed by atoms with Crippen LogP contribution in [-0.2, 0) is 11.3 Å². The number of carbonyl (C=O) groups excluding carboxylic acids is 1. The summed E-state index contributed by atoms with van der Waals surface area (Å²) in [6, 6.07) is 11.5. The molecule has 0 unspecified atom stereocenters. The molecule has 0 saturated heterocycles. The SMILES string of the molecule is CCNCc1cc(Br)c(OCC(=O)Nc2ccc(C)cc2)c(OC)c1. The first kappa shape index (κ1) is 19.3. The lowest BCUT2D eigenvalue weighted by molar-refractivity contribution is -0.118. The Labute approximate surface area is 156 Å². The van der Waals surface area contributed by atoms with Crippen molar-refractivity contribution in [2.24, 2.45) is 0 Å². The summed E-state index contributed by atoms with van der Waals surface area (Å²) in [6.07, 6.45) is 0. The Kier molecular flexibility index (Phi) is 7.28. The number of hydrogen-bond donors (Lipinski definition) is 2. The zero-order valence-corrected chi connectivity index (χ0v) is 16.3. The van der Waals surface area contributed by atoms with Gasteiger partial charge >= 0.3 is 0 Å². The van der Waals surface area contributed by atoms with Crippen molar-refractivity contribution in [2.75, 3.05) is 25.6 Å². The van der Waals surface area contributed by atoms with Gasteiger partial charge in [-0.25, -0.2) is 0 Å². The number of carbonyl (C=O) groups is 1. The monoisotopic (exact) mass is 406 g/mol. The highest BCUT2D eigenvalue weighted by molar-refractivity contribution is 9.10. The van der Waals surface area contributed by atoms with Gasteiger partial charge in [-0.05, 0) is 59.2 Å². The number of ether oxygens (including phenoxy) is 2. The van der Waals surface area contributed by atoms with E-state index < -0.39 is 0 Å². The van der Waals surface area contributed by atoms with Crippen LogP contribution in [0.25, 0.3) is 0 Å². The molecule has 2 aromatic rings. The predicted octanol–water partition coefficient (Wildman–Crippen LogP) is 3.89. The Balaban J connectivity index is 2.01. The second-order valence-electron chi connectivity index (χ2n) is 5.59. The first-order valence-electron chi connectivity index (χ1n) is 8.10. The predicted molar refractivity (Wildman–Crippen MR) is 103 cm³/mol. The van der Waals surface area contributed by atoms with Gasteiger partial charge in [0.05, 0.1) is 11.6 Å². The quantitative estimate of drug-likeness (QED) is 0.697. The van der Waals surface area contributed by atoms with Crippen LogP contribution in [0.15, 0.2) is 40.9 Å². The van der Waals surface area contributed by atoms with E-state index in [0.717, 1.165) is 34.4 Å². The summed E-state index contributed by atoms with van der Waals surface area (Å²) in [7, 11) is 1.58. The molecule has 0 aromatic heterocycles. The highest BCUT2D eigenvalue weighted by Crippen LogP contribution is 2.36. The van der Waals surface area contributed by atoms with Gasteiger partial charge in [-0.15, -0.1) is 0 Å². The minimum atomic E-state index is -0.227. The first-order chi connectivity index (χ1) is 12.0. The van der Waals surface area contributed by atoms with E-state index in [0.29, 0.717) is 11.5 Å². The minimum Gasteiger partial charge on any atom is -0.493 e. The van der Waals surface area contributed by atoms with Crippen molar-refractivity contribution in [3.05, 3.63) is 52.0 Å². The van der Waals surface area contributed by atoms with E-state index >= 15 is 0 Å². The molecule has 0 fully saturated rings. The fourth-order valence-corrected chi connectivity index (χ4v) is 2.86. The molecule has 2 N–H and O–H groups in total. The average Bonchev–Trinajstić information content (AvgIpc) is 2.60. The maximum absolute atomic E-state index is 12.1. The molecule has 0 saturated carbocycles. The first-order valence-corrected chi connectivity index (χ1v) is 8.89. The molecule has 0 aliphatic rings. The fourth-order valence-electron chi connectivity index (χ4n) is 2.26. The van der Waals surface area contributed by atoms with Gasteiger partial charge in [0.1, 0.15) is 0 Å². The van der Waals surface area contributed by atoms with Crippen LogP contribution >= 0.6 is 15.9 Å². The van der Waals surface area contributed by atoms with Crippen LogP contribution in [-0.4, -0.2) is 26.2 Å². The van der Waals surface area contributed by atoms with Gasteiger partial charge in [0.2, 0.25) is 0 Å². The van der Waals surface area contributed by atoms with E-state index in [1.165, 1.54) is 0 Å². The average molecular weight is 407 g/mol. The topological polar surface area (TPSA) is 59.6 Å². The fraction of sp³-hybridized carbons (Fsp3) is 0.316. The smallest absolute Gasteiger partial charge is 0.262 e. The summed E-state index contributed by atoms with van der Waals surface area (Å²) >= 11 is 3.49. The van der Waals surface area contributed by atoms with Crippen molar-refractivity contribution >= 4 is 27.5 Å². The summed E-state index contributed by atoms with van der Waals surface area (Å²) in [5.74, 6) is 0.877. The number of amides is 1. The van der Waals surface area contributed by atoms with Crippen LogP contribution < -0.4 is 20.1 Å². The third-order valence-corrected chi connectivity index (χ3v) is 4.14. The molecule has 2 aromatic carbocycles. The van der Waals surface area contributed by atoms with Gasteiger partial charge < -0.3 is 20.1 Å². The molecule has 1 amide bonds. The van der Waals surface area contributed by atoms with E-state index in [2.05, 4.69) is 33.5 Å². The molecule has 25 heavy (non-hydrogen) atoms. The Morgan fingerprint density at radius 2 is 1.92 bits per heavy atom. The Bertz CT molecular complexity index is 717. The number of methoxy groups -OCH3 is 1. The molecule has 0 radical (unpaired) electrons. The molecule has 0 heterocycles. The number of benzene rings is 2. The van der Waals surface area contributed by atoms with Gasteiger partial charge in [0, 0.05) is 12.2 Å². The van der Waals surface area contributed by atoms with E-state index in [9.17, 15) is 4.79 Å². The molecule has 2 rings (SSSR count). The summed E-state index contributed by atoms with van der Waals surface area (Å²) in [4.78, 5) is 12.1. The summed E-state index contributed by atoms with van der Waals surface area (Å²) in [5, 5.41) is 6.07. The standard InChI is InChI=1S/C19H23BrN2O3/c1-4-21-11-14-9-16(20)19(17(10-14)24-3)25-12-18(23)22-15-7-5-13(2)6-8-15/h5-10,21H,4,11-12H2,1-3H3,(H,22,23). The molecule has 0 aliphatic carbocycles. The lowest BCUT2D eigenvalue weighted by Crippen LogP contribution is -2.20. The van der Waals surface area contributed by atoms with Gasteiger partial charge in [-0.2, -0.15) is 0 Å². The van der Waals surface area contributed by atoms with Crippen molar-refractivity contribution in [3.63, 3.8) is 0 Å². The van der Waals surface area contributed by atoms with Gasteiger partial charge in [0.15, 0.2) is 18.1 Å². The molecular weight excluding hydrogens is 384 g/mol. The van der Waals surface area contributed by atoms with Gasteiger partial charge in [-0.1, -0.05) is 24.6 Å². The van der Waals surface area contributed by atoms with Gasteiger partial charge in [0.25, 0.3) is 5.91 Å². The summed E-state index contributed by atoms with van der Waals surface area (Å²) < 4.78 is 11.8. The van der Waals surface area contributed by atoms with Crippen LogP contribution in [0.3, 0.4) is 0 Å². The zero-order valence-electron chi connectivity index (χ0n) is 14.7. The van der Waals surface area contributed by atoms with Crippen molar-refractivity contribution in [1.82, 2.24) is 5.32 Å². The number of anilines is 1. The number of rotatable bonds is 8. The van der Waals surface area contributed by atoms with Gasteiger partial charge in [-0.3, -0.25) is 4.79 Å². The second kappa shape index (κ2) is 9.44. The Morgan fingerprint density at radius 3 is 2.56 bits per heavy atom. The lowest BCUT2D eigenvalue weighted by Gasteiger charge is -2.14. The zero-order chi connectivity index (χ0) is 18.2. The van der Waals surface area contributed by atoms with E-state index in [1.54, 1.807) is 7.11 Å². The highest BCUT2D eigenvalue weighted by Gasteiger charge is 2.13. The maximum Gasteiger partial charge on any atom is 0.262 e.